The standard InChI is InChI=1S/C20H23N5O2/c1-13-18(14(2)25(22-13)17-7-5-4-6-8-17)11-19(26)24-10-9-16(12-24)20-21-15(3)23-27-20/h4-8,16H,9-12H2,1-3H3. The highest BCUT2D eigenvalue weighted by molar-refractivity contribution is 5.79. The summed E-state index contributed by atoms with van der Waals surface area (Å²) >= 11 is 0. The predicted molar refractivity (Wildman–Crippen MR) is 99.7 cm³/mol. The van der Waals surface area contributed by atoms with Crippen LogP contribution in [0.2, 0.25) is 0 Å². The van der Waals surface area contributed by atoms with Crippen LogP contribution in [0.25, 0.3) is 5.69 Å². The maximum atomic E-state index is 12.9. The van der Waals surface area contributed by atoms with Crippen LogP contribution in [0.15, 0.2) is 34.9 Å². The van der Waals surface area contributed by atoms with E-state index in [1.165, 1.54) is 0 Å². The molecule has 27 heavy (non-hydrogen) atoms. The molecule has 3 aromatic rings. The zero-order valence-corrected chi connectivity index (χ0v) is 15.8. The Morgan fingerprint density at radius 3 is 2.70 bits per heavy atom. The SMILES string of the molecule is Cc1noc(C2CCN(C(=O)Cc3c(C)nn(-c4ccccc4)c3C)C2)n1. The smallest absolute Gasteiger partial charge is 0.231 e. The molecule has 0 bridgehead atoms. The lowest BCUT2D eigenvalue weighted by atomic mass is 10.1. The van der Waals surface area contributed by atoms with E-state index >= 15 is 0 Å². The van der Waals surface area contributed by atoms with Crippen LogP contribution in [0.3, 0.4) is 0 Å². The van der Waals surface area contributed by atoms with Crippen molar-refractivity contribution < 1.29 is 9.32 Å². The topological polar surface area (TPSA) is 77.0 Å². The van der Waals surface area contributed by atoms with Crippen molar-refractivity contribution >= 4 is 5.91 Å². The molecule has 1 aliphatic rings. The number of hydrogen-bond donors (Lipinski definition) is 0. The molecule has 140 valence electrons. The number of amides is 1. The third-order valence-electron chi connectivity index (χ3n) is 5.20. The highest BCUT2D eigenvalue weighted by atomic mass is 16.5. The van der Waals surface area contributed by atoms with Crippen LogP contribution in [-0.4, -0.2) is 43.8 Å². The number of nitrogens with zero attached hydrogens (tertiary/aromatic N) is 5. The first-order valence-corrected chi connectivity index (χ1v) is 9.21. The molecule has 2 aromatic heterocycles. The zero-order chi connectivity index (χ0) is 19.0. The third-order valence-corrected chi connectivity index (χ3v) is 5.20. The maximum absolute atomic E-state index is 12.9. The van der Waals surface area contributed by atoms with Crippen molar-refractivity contribution in [3.05, 3.63) is 59.0 Å². The van der Waals surface area contributed by atoms with E-state index in [0.717, 1.165) is 35.6 Å². The number of likely N-dealkylation sites (tertiary alicyclic amines) is 1. The van der Waals surface area contributed by atoms with E-state index in [2.05, 4.69) is 15.2 Å². The van der Waals surface area contributed by atoms with E-state index in [1.54, 1.807) is 6.92 Å². The molecule has 0 aliphatic carbocycles. The van der Waals surface area contributed by atoms with Crippen LogP contribution in [-0.2, 0) is 11.2 Å². The Morgan fingerprint density at radius 1 is 1.22 bits per heavy atom. The first kappa shape index (κ1) is 17.5. The molecule has 1 saturated heterocycles. The Morgan fingerprint density at radius 2 is 2.00 bits per heavy atom. The Kier molecular flexibility index (Phi) is 4.51. The third kappa shape index (κ3) is 3.37. The van der Waals surface area contributed by atoms with Gasteiger partial charge in [0.25, 0.3) is 0 Å². The van der Waals surface area contributed by atoms with Gasteiger partial charge in [-0.15, -0.1) is 0 Å². The highest BCUT2D eigenvalue weighted by Crippen LogP contribution is 2.27. The van der Waals surface area contributed by atoms with Crippen molar-refractivity contribution in [2.75, 3.05) is 13.1 Å². The van der Waals surface area contributed by atoms with Crippen LogP contribution in [0.5, 0.6) is 0 Å². The quantitative estimate of drug-likeness (QED) is 0.710. The molecule has 7 heteroatoms. The van der Waals surface area contributed by atoms with Crippen molar-refractivity contribution in [3.8, 4) is 5.69 Å². The number of rotatable bonds is 4. The summed E-state index contributed by atoms with van der Waals surface area (Å²) in [4.78, 5) is 19.1. The molecule has 1 aromatic carbocycles. The molecule has 0 radical (unpaired) electrons. The number of carbonyl (C=O) groups is 1. The summed E-state index contributed by atoms with van der Waals surface area (Å²) in [6, 6.07) is 9.99. The minimum Gasteiger partial charge on any atom is -0.342 e. The molecule has 3 heterocycles. The largest absolute Gasteiger partial charge is 0.342 e. The second kappa shape index (κ2) is 6.98. The van der Waals surface area contributed by atoms with Gasteiger partial charge in [0.2, 0.25) is 11.8 Å². The van der Waals surface area contributed by atoms with Gasteiger partial charge < -0.3 is 9.42 Å². The number of hydrogen-bond acceptors (Lipinski definition) is 5. The average molecular weight is 365 g/mol. The number of para-hydroxylation sites is 1. The van der Waals surface area contributed by atoms with Crippen molar-refractivity contribution in [3.63, 3.8) is 0 Å². The van der Waals surface area contributed by atoms with Gasteiger partial charge in [-0.25, -0.2) is 4.68 Å². The molecule has 0 spiro atoms. The fourth-order valence-electron chi connectivity index (χ4n) is 3.68. The first-order valence-electron chi connectivity index (χ1n) is 9.21. The summed E-state index contributed by atoms with van der Waals surface area (Å²) in [6.07, 6.45) is 1.22. The van der Waals surface area contributed by atoms with E-state index in [-0.39, 0.29) is 11.8 Å². The molecule has 1 fully saturated rings. The summed E-state index contributed by atoms with van der Waals surface area (Å²) in [5, 5.41) is 8.49. The minimum atomic E-state index is 0.118. The van der Waals surface area contributed by atoms with Crippen LogP contribution < -0.4 is 0 Å². The average Bonchev–Trinajstić information content (AvgIpc) is 3.38. The van der Waals surface area contributed by atoms with E-state index in [1.807, 2.05) is 53.8 Å². The van der Waals surface area contributed by atoms with Gasteiger partial charge in [-0.05, 0) is 39.3 Å². The Bertz CT molecular complexity index is 960. The molecule has 1 amide bonds. The first-order chi connectivity index (χ1) is 13.0. The van der Waals surface area contributed by atoms with Gasteiger partial charge in [0.1, 0.15) is 0 Å². The molecule has 1 aliphatic heterocycles. The van der Waals surface area contributed by atoms with Crippen LogP contribution in [0.4, 0.5) is 0 Å². The highest BCUT2D eigenvalue weighted by Gasteiger charge is 2.31. The number of carbonyl (C=O) groups excluding carboxylic acids is 1. The molecule has 0 saturated carbocycles. The normalized spacial score (nSPS) is 16.9. The lowest BCUT2D eigenvalue weighted by Crippen LogP contribution is -2.30. The van der Waals surface area contributed by atoms with Crippen molar-refractivity contribution in [2.24, 2.45) is 0 Å². The predicted octanol–water partition coefficient (Wildman–Crippen LogP) is 2.74. The van der Waals surface area contributed by atoms with Crippen LogP contribution in [0.1, 0.15) is 41.0 Å². The summed E-state index contributed by atoms with van der Waals surface area (Å²) in [6.45, 7) is 7.13. The van der Waals surface area contributed by atoms with Crippen LogP contribution >= 0.6 is 0 Å². The van der Waals surface area contributed by atoms with Gasteiger partial charge >= 0.3 is 0 Å². The Hall–Kier alpha value is -2.96. The Balaban J connectivity index is 1.48. The van der Waals surface area contributed by atoms with E-state index in [0.29, 0.717) is 24.7 Å². The summed E-state index contributed by atoms with van der Waals surface area (Å²) in [5.41, 5.74) is 3.91. The monoisotopic (exact) mass is 365 g/mol. The lowest BCUT2D eigenvalue weighted by molar-refractivity contribution is -0.129. The van der Waals surface area contributed by atoms with Gasteiger partial charge in [0.15, 0.2) is 5.82 Å². The Labute approximate surface area is 158 Å². The molecule has 0 N–H and O–H groups in total. The van der Waals surface area contributed by atoms with E-state index in [4.69, 9.17) is 4.52 Å². The number of aryl methyl sites for hydroxylation is 2. The molecule has 1 unspecified atom stereocenters. The van der Waals surface area contributed by atoms with E-state index < -0.39 is 0 Å². The minimum absolute atomic E-state index is 0.118. The lowest BCUT2D eigenvalue weighted by Gasteiger charge is -2.16. The zero-order valence-electron chi connectivity index (χ0n) is 15.8. The maximum Gasteiger partial charge on any atom is 0.231 e. The fourth-order valence-corrected chi connectivity index (χ4v) is 3.68. The molecule has 1 atom stereocenters. The van der Waals surface area contributed by atoms with Crippen LogP contribution in [0, 0.1) is 20.8 Å². The summed E-state index contributed by atoms with van der Waals surface area (Å²) in [7, 11) is 0. The fraction of sp³-hybridized carbons (Fsp3) is 0.400. The second-order valence-electron chi connectivity index (χ2n) is 7.08. The molecular formula is C20H23N5O2. The van der Waals surface area contributed by atoms with Gasteiger partial charge in [0.05, 0.1) is 23.7 Å². The van der Waals surface area contributed by atoms with E-state index in [9.17, 15) is 4.79 Å². The van der Waals surface area contributed by atoms with Gasteiger partial charge in [-0.1, -0.05) is 23.4 Å². The van der Waals surface area contributed by atoms with Crippen molar-refractivity contribution in [2.45, 2.75) is 39.5 Å². The van der Waals surface area contributed by atoms with Gasteiger partial charge in [0, 0.05) is 24.3 Å². The van der Waals surface area contributed by atoms with Gasteiger partial charge in [-0.3, -0.25) is 4.79 Å². The number of benzene rings is 1. The van der Waals surface area contributed by atoms with Crippen molar-refractivity contribution in [1.29, 1.82) is 0 Å². The number of aromatic nitrogens is 4. The summed E-state index contributed by atoms with van der Waals surface area (Å²) < 4.78 is 7.18. The van der Waals surface area contributed by atoms with Gasteiger partial charge in [-0.2, -0.15) is 10.1 Å². The molecule has 7 nitrogen and oxygen atoms in total. The molecule has 4 rings (SSSR count). The van der Waals surface area contributed by atoms with Crippen molar-refractivity contribution in [1.82, 2.24) is 24.8 Å². The summed E-state index contributed by atoms with van der Waals surface area (Å²) in [5.74, 6) is 1.51. The molecular weight excluding hydrogens is 342 g/mol. The second-order valence-corrected chi connectivity index (χ2v) is 7.08.